The summed E-state index contributed by atoms with van der Waals surface area (Å²) in [6.45, 7) is 5.64. The number of nitrogens with zero attached hydrogens (tertiary/aromatic N) is 4. The van der Waals surface area contributed by atoms with Gasteiger partial charge in [0.05, 0.1) is 5.69 Å². The van der Waals surface area contributed by atoms with Gasteiger partial charge >= 0.3 is 0 Å². The minimum absolute atomic E-state index is 0.222. The number of hydrogen-bond acceptors (Lipinski definition) is 4. The molecule has 1 fully saturated rings. The van der Waals surface area contributed by atoms with E-state index in [1.165, 1.54) is 0 Å². The van der Waals surface area contributed by atoms with Crippen LogP contribution in [-0.4, -0.2) is 52.4 Å². The number of piperidine rings is 1. The third kappa shape index (κ3) is 3.07. The lowest BCUT2D eigenvalue weighted by Crippen LogP contribution is -2.36. The Morgan fingerprint density at radius 3 is 2.81 bits per heavy atom. The zero-order valence-electron chi connectivity index (χ0n) is 13.0. The number of carbonyl (C=O) groups is 1. The Balaban J connectivity index is 1.73. The highest BCUT2D eigenvalue weighted by molar-refractivity contribution is 5.76. The Hall–Kier alpha value is -1.49. The third-order valence-electron chi connectivity index (χ3n) is 4.69. The fourth-order valence-corrected chi connectivity index (χ4v) is 3.23. The van der Waals surface area contributed by atoms with Gasteiger partial charge in [0.25, 0.3) is 0 Å². The lowest BCUT2D eigenvalue weighted by molar-refractivity contribution is -0.131. The van der Waals surface area contributed by atoms with Crippen LogP contribution in [0.15, 0.2) is 6.20 Å². The van der Waals surface area contributed by atoms with Crippen LogP contribution in [0.4, 0.5) is 0 Å². The van der Waals surface area contributed by atoms with Crippen molar-refractivity contribution >= 4 is 5.91 Å². The Bertz CT molecular complexity index is 523. The summed E-state index contributed by atoms with van der Waals surface area (Å²) in [6, 6.07) is 0. The predicted octanol–water partition coefficient (Wildman–Crippen LogP) is 1.58. The van der Waals surface area contributed by atoms with E-state index in [1.54, 1.807) is 0 Å². The van der Waals surface area contributed by atoms with Crippen LogP contribution in [0.1, 0.15) is 49.2 Å². The molecule has 2 aliphatic rings. The number of hydrogen-bond donors (Lipinski definition) is 0. The molecule has 0 atom stereocenters. The van der Waals surface area contributed by atoms with Crippen LogP contribution in [-0.2, 0) is 17.8 Å². The van der Waals surface area contributed by atoms with Crippen molar-refractivity contribution in [2.75, 3.05) is 26.7 Å². The molecule has 1 saturated heterocycles. The standard InChI is InChI=1S/C16H24N4O/c1-3-15(21)20-9-6-14-13(11-20)10-17-16(18-14)12-4-7-19(2)8-5-12/h10,12H,3-9,11H2,1-2H3. The molecule has 1 amide bonds. The molecule has 0 N–H and O–H groups in total. The van der Waals surface area contributed by atoms with Crippen LogP contribution in [0, 0.1) is 0 Å². The van der Waals surface area contributed by atoms with Crippen molar-refractivity contribution in [3.8, 4) is 0 Å². The van der Waals surface area contributed by atoms with Crippen LogP contribution < -0.4 is 0 Å². The molecule has 3 rings (SSSR count). The molecule has 0 saturated carbocycles. The molecule has 21 heavy (non-hydrogen) atoms. The Kier molecular flexibility index (Phi) is 4.19. The number of likely N-dealkylation sites (tertiary alicyclic amines) is 1. The van der Waals surface area contributed by atoms with Crippen molar-refractivity contribution in [1.82, 2.24) is 19.8 Å². The van der Waals surface area contributed by atoms with Crippen molar-refractivity contribution in [3.63, 3.8) is 0 Å². The quantitative estimate of drug-likeness (QED) is 0.829. The maximum Gasteiger partial charge on any atom is 0.222 e. The highest BCUT2D eigenvalue weighted by Crippen LogP contribution is 2.26. The molecular formula is C16H24N4O. The molecule has 3 heterocycles. The average Bonchev–Trinajstić information content (AvgIpc) is 2.54. The normalized spacial score (nSPS) is 20.4. The van der Waals surface area contributed by atoms with Crippen LogP contribution in [0.5, 0.6) is 0 Å². The smallest absolute Gasteiger partial charge is 0.222 e. The van der Waals surface area contributed by atoms with Gasteiger partial charge in [-0.05, 0) is 33.0 Å². The van der Waals surface area contributed by atoms with Crippen molar-refractivity contribution in [2.24, 2.45) is 0 Å². The minimum Gasteiger partial charge on any atom is -0.338 e. The van der Waals surface area contributed by atoms with Crippen molar-refractivity contribution in [2.45, 2.75) is 45.1 Å². The van der Waals surface area contributed by atoms with E-state index in [1.807, 2.05) is 18.0 Å². The number of carbonyl (C=O) groups excluding carboxylic acids is 1. The number of fused-ring (bicyclic) bond motifs is 1. The van der Waals surface area contributed by atoms with Crippen LogP contribution in [0.2, 0.25) is 0 Å². The van der Waals surface area contributed by atoms with E-state index in [-0.39, 0.29) is 5.91 Å². The van der Waals surface area contributed by atoms with E-state index in [9.17, 15) is 4.79 Å². The van der Waals surface area contributed by atoms with Gasteiger partial charge in [-0.2, -0.15) is 0 Å². The lowest BCUT2D eigenvalue weighted by atomic mass is 9.95. The van der Waals surface area contributed by atoms with Gasteiger partial charge in [-0.3, -0.25) is 4.79 Å². The molecule has 5 nitrogen and oxygen atoms in total. The fourth-order valence-electron chi connectivity index (χ4n) is 3.23. The maximum absolute atomic E-state index is 11.8. The van der Waals surface area contributed by atoms with Gasteiger partial charge in [0.15, 0.2) is 0 Å². The first-order valence-corrected chi connectivity index (χ1v) is 7.98. The van der Waals surface area contributed by atoms with Gasteiger partial charge in [-0.15, -0.1) is 0 Å². The van der Waals surface area contributed by atoms with E-state index >= 15 is 0 Å². The van der Waals surface area contributed by atoms with Crippen LogP contribution in [0.25, 0.3) is 0 Å². The second-order valence-corrected chi connectivity index (χ2v) is 6.20. The van der Waals surface area contributed by atoms with Gasteiger partial charge in [0, 0.05) is 43.6 Å². The zero-order chi connectivity index (χ0) is 14.8. The second kappa shape index (κ2) is 6.10. The summed E-state index contributed by atoms with van der Waals surface area (Å²) in [6.07, 6.45) is 5.68. The summed E-state index contributed by atoms with van der Waals surface area (Å²) in [4.78, 5) is 25.5. The summed E-state index contributed by atoms with van der Waals surface area (Å²) in [5, 5.41) is 0. The lowest BCUT2D eigenvalue weighted by Gasteiger charge is -2.30. The maximum atomic E-state index is 11.8. The van der Waals surface area contributed by atoms with E-state index in [4.69, 9.17) is 4.98 Å². The molecule has 0 aromatic carbocycles. The van der Waals surface area contributed by atoms with E-state index in [2.05, 4.69) is 16.9 Å². The molecule has 1 aromatic heterocycles. The van der Waals surface area contributed by atoms with Crippen molar-refractivity contribution in [3.05, 3.63) is 23.3 Å². The number of amides is 1. The highest BCUT2D eigenvalue weighted by atomic mass is 16.2. The predicted molar refractivity (Wildman–Crippen MR) is 80.9 cm³/mol. The average molecular weight is 288 g/mol. The molecular weight excluding hydrogens is 264 g/mol. The Morgan fingerprint density at radius 1 is 1.33 bits per heavy atom. The van der Waals surface area contributed by atoms with Crippen molar-refractivity contribution < 1.29 is 4.79 Å². The molecule has 0 bridgehead atoms. The third-order valence-corrected chi connectivity index (χ3v) is 4.69. The summed E-state index contributed by atoms with van der Waals surface area (Å²) in [5.74, 6) is 1.74. The molecule has 2 aliphatic heterocycles. The van der Waals surface area contributed by atoms with Crippen LogP contribution in [0.3, 0.4) is 0 Å². The number of aromatic nitrogens is 2. The molecule has 0 radical (unpaired) electrons. The van der Waals surface area contributed by atoms with E-state index < -0.39 is 0 Å². The van der Waals surface area contributed by atoms with E-state index in [0.717, 1.165) is 56.0 Å². The molecule has 0 unspecified atom stereocenters. The monoisotopic (exact) mass is 288 g/mol. The number of rotatable bonds is 2. The van der Waals surface area contributed by atoms with Gasteiger partial charge in [-0.1, -0.05) is 6.92 Å². The van der Waals surface area contributed by atoms with E-state index in [0.29, 0.717) is 18.9 Å². The molecule has 114 valence electrons. The van der Waals surface area contributed by atoms with Gasteiger partial charge in [-0.25, -0.2) is 9.97 Å². The van der Waals surface area contributed by atoms with Crippen LogP contribution >= 0.6 is 0 Å². The molecule has 1 aromatic rings. The zero-order valence-corrected chi connectivity index (χ0v) is 13.0. The summed E-state index contributed by atoms with van der Waals surface area (Å²) >= 11 is 0. The van der Waals surface area contributed by atoms with Gasteiger partial charge in [0.1, 0.15) is 5.82 Å². The molecule has 0 aliphatic carbocycles. The summed E-state index contributed by atoms with van der Waals surface area (Å²) in [7, 11) is 2.17. The van der Waals surface area contributed by atoms with Gasteiger partial charge < -0.3 is 9.80 Å². The highest BCUT2D eigenvalue weighted by Gasteiger charge is 2.24. The summed E-state index contributed by atoms with van der Waals surface area (Å²) in [5.41, 5.74) is 2.28. The largest absolute Gasteiger partial charge is 0.338 e. The topological polar surface area (TPSA) is 49.3 Å². The van der Waals surface area contributed by atoms with Crippen molar-refractivity contribution in [1.29, 1.82) is 0 Å². The SMILES string of the molecule is CCC(=O)N1CCc2nc(C3CCN(C)CC3)ncc2C1. The Morgan fingerprint density at radius 2 is 2.10 bits per heavy atom. The summed E-state index contributed by atoms with van der Waals surface area (Å²) < 4.78 is 0. The fraction of sp³-hybridized carbons (Fsp3) is 0.688. The second-order valence-electron chi connectivity index (χ2n) is 6.20. The first-order valence-electron chi connectivity index (χ1n) is 7.98. The first-order chi connectivity index (χ1) is 10.2. The molecule has 5 heteroatoms. The van der Waals surface area contributed by atoms with Gasteiger partial charge in [0.2, 0.25) is 5.91 Å². The molecule has 0 spiro atoms. The Labute approximate surface area is 126 Å². The minimum atomic E-state index is 0.222. The first kappa shape index (κ1) is 14.4.